The quantitative estimate of drug-likeness (QED) is 0.579. The number of hydrogen-bond acceptors (Lipinski definition) is 2. The molecular formula is C8H6S2. The molecule has 2 heteroatoms. The van der Waals surface area contributed by atoms with E-state index in [2.05, 4.69) is 35.1 Å². The molecule has 0 N–H and O–H groups in total. The Bertz CT molecular complexity index is 239. The van der Waals surface area contributed by atoms with E-state index in [0.717, 1.165) is 0 Å². The molecule has 0 saturated heterocycles. The maximum absolute atomic E-state index is 2.15. The Morgan fingerprint density at radius 1 is 0.800 bits per heavy atom. The normalized spacial score (nSPS) is 14.8. The molecule has 0 amide bonds. The van der Waals surface area contributed by atoms with Crippen molar-refractivity contribution in [2.24, 2.45) is 0 Å². The monoisotopic (exact) mass is 166 g/mol. The van der Waals surface area contributed by atoms with Crippen LogP contribution < -0.4 is 0 Å². The zero-order valence-corrected chi connectivity index (χ0v) is 6.91. The molecule has 1 heterocycles. The molecular weight excluding hydrogens is 160 g/mol. The van der Waals surface area contributed by atoms with Crippen LogP contribution in [-0.4, -0.2) is 0 Å². The zero-order valence-electron chi connectivity index (χ0n) is 5.28. The molecule has 0 fully saturated rings. The van der Waals surface area contributed by atoms with Crippen LogP contribution in [0.25, 0.3) is 0 Å². The van der Waals surface area contributed by atoms with Crippen molar-refractivity contribution in [3.63, 3.8) is 0 Å². The van der Waals surface area contributed by atoms with Gasteiger partial charge in [-0.05, 0) is 22.9 Å². The first-order valence-electron chi connectivity index (χ1n) is 3.04. The summed E-state index contributed by atoms with van der Waals surface area (Å²) < 4.78 is 0. The van der Waals surface area contributed by atoms with Crippen molar-refractivity contribution in [2.45, 2.75) is 9.79 Å². The Hall–Kier alpha value is -0.340. The molecule has 0 nitrogen and oxygen atoms in total. The van der Waals surface area contributed by atoms with E-state index >= 15 is 0 Å². The molecule has 0 atom stereocenters. The van der Waals surface area contributed by atoms with Gasteiger partial charge in [-0.1, -0.05) is 35.7 Å². The Balaban J connectivity index is 2.47. The summed E-state index contributed by atoms with van der Waals surface area (Å²) >= 11 is 3.57. The molecule has 0 aliphatic carbocycles. The van der Waals surface area contributed by atoms with Crippen LogP contribution in [0.4, 0.5) is 0 Å². The van der Waals surface area contributed by atoms with Gasteiger partial charge in [0.05, 0.1) is 0 Å². The lowest BCUT2D eigenvalue weighted by Crippen LogP contribution is -1.76. The highest BCUT2D eigenvalue weighted by atomic mass is 32.2. The van der Waals surface area contributed by atoms with Gasteiger partial charge in [0.25, 0.3) is 0 Å². The summed E-state index contributed by atoms with van der Waals surface area (Å²) in [5, 5.41) is 4.24. The van der Waals surface area contributed by atoms with E-state index in [4.69, 9.17) is 0 Å². The summed E-state index contributed by atoms with van der Waals surface area (Å²) in [6.45, 7) is 0. The van der Waals surface area contributed by atoms with Crippen LogP contribution in [0.1, 0.15) is 0 Å². The topological polar surface area (TPSA) is 0 Å². The number of hydrogen-bond donors (Lipinski definition) is 0. The van der Waals surface area contributed by atoms with Gasteiger partial charge in [0.15, 0.2) is 0 Å². The summed E-state index contributed by atoms with van der Waals surface area (Å²) in [5.41, 5.74) is 0. The first-order chi connectivity index (χ1) is 4.97. The van der Waals surface area contributed by atoms with Crippen molar-refractivity contribution in [3.8, 4) is 0 Å². The second kappa shape index (κ2) is 2.72. The molecule has 0 saturated carbocycles. The van der Waals surface area contributed by atoms with Crippen molar-refractivity contribution in [1.29, 1.82) is 0 Å². The summed E-state index contributed by atoms with van der Waals surface area (Å²) in [5.74, 6) is 0. The minimum Gasteiger partial charge on any atom is -0.0963 e. The summed E-state index contributed by atoms with van der Waals surface area (Å²) in [6.07, 6.45) is 0. The third-order valence-corrected chi connectivity index (χ3v) is 3.36. The van der Waals surface area contributed by atoms with E-state index in [1.807, 2.05) is 0 Å². The standard InChI is InChI=1S/C8H6S2/c1-2-4-8-7(3-1)9-5-6-10-8/h1-6H. The Morgan fingerprint density at radius 3 is 1.80 bits per heavy atom. The van der Waals surface area contributed by atoms with Crippen molar-refractivity contribution in [1.82, 2.24) is 0 Å². The van der Waals surface area contributed by atoms with Gasteiger partial charge < -0.3 is 0 Å². The van der Waals surface area contributed by atoms with Gasteiger partial charge in [0.1, 0.15) is 0 Å². The van der Waals surface area contributed by atoms with Crippen LogP contribution in [0, 0.1) is 0 Å². The van der Waals surface area contributed by atoms with E-state index in [-0.39, 0.29) is 0 Å². The van der Waals surface area contributed by atoms with E-state index in [0.29, 0.717) is 0 Å². The molecule has 10 heavy (non-hydrogen) atoms. The summed E-state index contributed by atoms with van der Waals surface area (Å²) in [7, 11) is 0. The molecule has 1 aliphatic rings. The fraction of sp³-hybridized carbons (Fsp3) is 0. The second-order valence-electron chi connectivity index (χ2n) is 1.95. The molecule has 1 aliphatic heterocycles. The van der Waals surface area contributed by atoms with Crippen molar-refractivity contribution < 1.29 is 0 Å². The number of benzene rings is 1. The lowest BCUT2D eigenvalue weighted by atomic mass is 10.4. The van der Waals surface area contributed by atoms with E-state index in [9.17, 15) is 0 Å². The summed E-state index contributed by atoms with van der Waals surface area (Å²) in [6, 6.07) is 8.45. The van der Waals surface area contributed by atoms with Crippen LogP contribution in [0.15, 0.2) is 44.9 Å². The fourth-order valence-corrected chi connectivity index (χ4v) is 2.56. The minimum absolute atomic E-state index is 1.37. The summed E-state index contributed by atoms with van der Waals surface area (Å²) in [4.78, 5) is 2.74. The van der Waals surface area contributed by atoms with Crippen molar-refractivity contribution >= 4 is 23.5 Å². The SMILES string of the molecule is C1=CSc2ccccc2S1. The van der Waals surface area contributed by atoms with Gasteiger partial charge >= 0.3 is 0 Å². The molecule has 2 rings (SSSR count). The largest absolute Gasteiger partial charge is 0.0963 e. The molecule has 50 valence electrons. The van der Waals surface area contributed by atoms with Crippen LogP contribution in [0.3, 0.4) is 0 Å². The van der Waals surface area contributed by atoms with E-state index in [1.54, 1.807) is 23.5 Å². The molecule has 0 radical (unpaired) electrons. The zero-order chi connectivity index (χ0) is 6.81. The molecule has 0 spiro atoms. The average molecular weight is 166 g/mol. The lowest BCUT2D eigenvalue weighted by molar-refractivity contribution is 1.26. The first kappa shape index (κ1) is 6.38. The van der Waals surface area contributed by atoms with Gasteiger partial charge in [0, 0.05) is 9.79 Å². The van der Waals surface area contributed by atoms with E-state index < -0.39 is 0 Å². The molecule has 1 aromatic carbocycles. The average Bonchev–Trinajstić information content (AvgIpc) is 2.05. The highest BCUT2D eigenvalue weighted by Gasteiger charge is 2.02. The van der Waals surface area contributed by atoms with Gasteiger partial charge in [-0.15, -0.1) is 0 Å². The maximum atomic E-state index is 2.15. The Morgan fingerprint density at radius 2 is 1.30 bits per heavy atom. The van der Waals surface area contributed by atoms with Crippen LogP contribution in [0.5, 0.6) is 0 Å². The fourth-order valence-electron chi connectivity index (χ4n) is 0.847. The number of rotatable bonds is 0. The van der Waals surface area contributed by atoms with E-state index in [1.165, 1.54) is 9.79 Å². The molecule has 1 aromatic rings. The van der Waals surface area contributed by atoms with Crippen LogP contribution in [0.2, 0.25) is 0 Å². The Kier molecular flexibility index (Phi) is 1.74. The number of fused-ring (bicyclic) bond motifs is 1. The lowest BCUT2D eigenvalue weighted by Gasteiger charge is -2.06. The van der Waals surface area contributed by atoms with Gasteiger partial charge in [-0.2, -0.15) is 0 Å². The van der Waals surface area contributed by atoms with Crippen molar-refractivity contribution in [2.75, 3.05) is 0 Å². The smallest absolute Gasteiger partial charge is 0.0255 e. The Labute approximate surface area is 68.7 Å². The maximum Gasteiger partial charge on any atom is 0.0255 e. The third kappa shape index (κ3) is 1.09. The predicted octanol–water partition coefficient (Wildman–Crippen LogP) is 3.36. The molecule has 0 bridgehead atoms. The highest BCUT2D eigenvalue weighted by molar-refractivity contribution is 8.08. The molecule has 0 unspecified atom stereocenters. The van der Waals surface area contributed by atoms with Crippen LogP contribution in [-0.2, 0) is 0 Å². The van der Waals surface area contributed by atoms with Crippen LogP contribution >= 0.6 is 23.5 Å². The second-order valence-corrected chi connectivity index (χ2v) is 3.85. The molecule has 0 aromatic heterocycles. The number of thioether (sulfide) groups is 2. The predicted molar refractivity (Wildman–Crippen MR) is 47.3 cm³/mol. The van der Waals surface area contributed by atoms with Gasteiger partial charge in [-0.25, -0.2) is 0 Å². The highest BCUT2D eigenvalue weighted by Crippen LogP contribution is 2.36. The minimum atomic E-state index is 1.37. The van der Waals surface area contributed by atoms with Gasteiger partial charge in [-0.3, -0.25) is 0 Å². The third-order valence-electron chi connectivity index (χ3n) is 1.29. The van der Waals surface area contributed by atoms with Crippen molar-refractivity contribution in [3.05, 3.63) is 35.1 Å². The van der Waals surface area contributed by atoms with Gasteiger partial charge in [0.2, 0.25) is 0 Å². The first-order valence-corrected chi connectivity index (χ1v) is 4.80.